The Morgan fingerprint density at radius 1 is 1.40 bits per heavy atom. The molecule has 0 spiro atoms. The fraction of sp³-hybridized carbons (Fsp3) is 0.429. The SMILES string of the molecule is CCNC(=O)C1CN(C(=O)[C@@H](O)c2ccc(Br)cc2)C1. The van der Waals surface area contributed by atoms with Crippen molar-refractivity contribution >= 4 is 27.7 Å². The van der Waals surface area contributed by atoms with E-state index in [1.807, 2.05) is 6.92 Å². The van der Waals surface area contributed by atoms with Crippen molar-refractivity contribution in [1.29, 1.82) is 0 Å². The molecule has 0 saturated carbocycles. The zero-order chi connectivity index (χ0) is 14.7. The Labute approximate surface area is 126 Å². The van der Waals surface area contributed by atoms with E-state index in [2.05, 4.69) is 21.2 Å². The number of amides is 2. The number of aliphatic hydroxyl groups excluding tert-OH is 1. The normalized spacial score (nSPS) is 16.4. The molecule has 1 aromatic carbocycles. The van der Waals surface area contributed by atoms with Crippen LogP contribution < -0.4 is 5.32 Å². The minimum Gasteiger partial charge on any atom is -0.378 e. The number of nitrogens with one attached hydrogen (secondary N) is 1. The average molecular weight is 341 g/mol. The van der Waals surface area contributed by atoms with Crippen molar-refractivity contribution in [3.63, 3.8) is 0 Å². The lowest BCUT2D eigenvalue weighted by Gasteiger charge is -2.39. The lowest BCUT2D eigenvalue weighted by atomic mass is 9.97. The van der Waals surface area contributed by atoms with Gasteiger partial charge in [0.25, 0.3) is 5.91 Å². The molecule has 1 fully saturated rings. The molecule has 1 atom stereocenters. The maximum atomic E-state index is 12.1. The summed E-state index contributed by atoms with van der Waals surface area (Å²) in [6.45, 7) is 3.19. The molecule has 6 heteroatoms. The van der Waals surface area contributed by atoms with Crippen molar-refractivity contribution in [2.45, 2.75) is 13.0 Å². The van der Waals surface area contributed by atoms with Crippen molar-refractivity contribution in [2.24, 2.45) is 5.92 Å². The number of carbonyl (C=O) groups excluding carboxylic acids is 2. The molecule has 0 unspecified atom stereocenters. The smallest absolute Gasteiger partial charge is 0.256 e. The molecule has 5 nitrogen and oxygen atoms in total. The second-order valence-corrected chi connectivity index (χ2v) is 5.70. The number of benzene rings is 1. The molecule has 1 heterocycles. The van der Waals surface area contributed by atoms with Crippen LogP contribution in [0.15, 0.2) is 28.7 Å². The summed E-state index contributed by atoms with van der Waals surface area (Å²) in [5.74, 6) is -0.543. The molecule has 1 aliphatic rings. The van der Waals surface area contributed by atoms with Crippen molar-refractivity contribution in [2.75, 3.05) is 19.6 Å². The highest BCUT2D eigenvalue weighted by Crippen LogP contribution is 2.23. The van der Waals surface area contributed by atoms with E-state index in [9.17, 15) is 14.7 Å². The third-order valence-corrected chi connectivity index (χ3v) is 3.86. The number of hydrogen-bond acceptors (Lipinski definition) is 3. The van der Waals surface area contributed by atoms with Gasteiger partial charge in [0, 0.05) is 24.1 Å². The molecule has 2 N–H and O–H groups in total. The number of rotatable bonds is 4. The van der Waals surface area contributed by atoms with Crippen LogP contribution in [0.4, 0.5) is 0 Å². The van der Waals surface area contributed by atoms with Crippen molar-refractivity contribution in [3.8, 4) is 0 Å². The summed E-state index contributed by atoms with van der Waals surface area (Å²) in [6, 6.07) is 6.96. The van der Waals surface area contributed by atoms with E-state index in [4.69, 9.17) is 0 Å². The number of hydrogen-bond donors (Lipinski definition) is 2. The molecular formula is C14H17BrN2O3. The molecule has 1 aromatic rings. The Morgan fingerprint density at radius 2 is 2.00 bits per heavy atom. The van der Waals surface area contributed by atoms with Crippen LogP contribution in [0.5, 0.6) is 0 Å². The van der Waals surface area contributed by atoms with Gasteiger partial charge in [-0.05, 0) is 24.6 Å². The number of halogens is 1. The molecule has 0 bridgehead atoms. The van der Waals surface area contributed by atoms with Crippen LogP contribution >= 0.6 is 15.9 Å². The van der Waals surface area contributed by atoms with E-state index >= 15 is 0 Å². The highest BCUT2D eigenvalue weighted by atomic mass is 79.9. The van der Waals surface area contributed by atoms with Gasteiger partial charge in [-0.1, -0.05) is 28.1 Å². The number of nitrogens with zero attached hydrogens (tertiary/aromatic N) is 1. The Bertz CT molecular complexity index is 498. The lowest BCUT2D eigenvalue weighted by Crippen LogP contribution is -2.56. The topological polar surface area (TPSA) is 69.6 Å². The first-order valence-corrected chi connectivity index (χ1v) is 7.32. The van der Waals surface area contributed by atoms with Crippen LogP contribution in [0.2, 0.25) is 0 Å². The van der Waals surface area contributed by atoms with Gasteiger partial charge in [0.1, 0.15) is 0 Å². The fourth-order valence-corrected chi connectivity index (χ4v) is 2.37. The number of likely N-dealkylation sites (tertiary alicyclic amines) is 1. The summed E-state index contributed by atoms with van der Waals surface area (Å²) in [5, 5.41) is 12.8. The summed E-state index contributed by atoms with van der Waals surface area (Å²) >= 11 is 3.30. The van der Waals surface area contributed by atoms with Gasteiger partial charge < -0.3 is 15.3 Å². The molecule has 0 aliphatic carbocycles. The van der Waals surface area contributed by atoms with E-state index in [1.165, 1.54) is 4.90 Å². The fourth-order valence-electron chi connectivity index (χ4n) is 2.10. The molecule has 2 rings (SSSR count). The number of aliphatic hydroxyl groups is 1. The van der Waals surface area contributed by atoms with Crippen LogP contribution in [0.3, 0.4) is 0 Å². The zero-order valence-corrected chi connectivity index (χ0v) is 12.8. The Kier molecular flexibility index (Phi) is 4.77. The van der Waals surface area contributed by atoms with Crippen LogP contribution in [-0.4, -0.2) is 41.5 Å². The maximum absolute atomic E-state index is 12.1. The molecule has 1 aliphatic heterocycles. The second kappa shape index (κ2) is 6.37. The van der Waals surface area contributed by atoms with Crippen LogP contribution in [0, 0.1) is 5.92 Å². The van der Waals surface area contributed by atoms with Crippen molar-refractivity contribution in [3.05, 3.63) is 34.3 Å². The van der Waals surface area contributed by atoms with E-state index in [1.54, 1.807) is 24.3 Å². The highest BCUT2D eigenvalue weighted by Gasteiger charge is 2.37. The molecular weight excluding hydrogens is 324 g/mol. The van der Waals surface area contributed by atoms with Gasteiger partial charge in [-0.15, -0.1) is 0 Å². The van der Waals surface area contributed by atoms with Crippen molar-refractivity contribution < 1.29 is 14.7 Å². The summed E-state index contributed by atoms with van der Waals surface area (Å²) in [6.07, 6.45) is -1.17. The van der Waals surface area contributed by atoms with E-state index in [-0.39, 0.29) is 17.7 Å². The van der Waals surface area contributed by atoms with Gasteiger partial charge >= 0.3 is 0 Å². The third kappa shape index (κ3) is 3.19. The van der Waals surface area contributed by atoms with E-state index in [0.717, 1.165) is 4.47 Å². The van der Waals surface area contributed by atoms with Gasteiger partial charge in [0.05, 0.1) is 5.92 Å². The molecule has 1 saturated heterocycles. The molecule has 0 radical (unpaired) electrons. The minimum atomic E-state index is -1.17. The summed E-state index contributed by atoms with van der Waals surface area (Å²) in [5.41, 5.74) is 0.555. The first kappa shape index (κ1) is 15.0. The predicted octanol–water partition coefficient (Wildman–Crippen LogP) is 1.08. The maximum Gasteiger partial charge on any atom is 0.256 e. The Morgan fingerprint density at radius 3 is 2.55 bits per heavy atom. The number of carbonyl (C=O) groups is 2. The Hall–Kier alpha value is -1.40. The highest BCUT2D eigenvalue weighted by molar-refractivity contribution is 9.10. The monoisotopic (exact) mass is 340 g/mol. The van der Waals surface area contributed by atoms with E-state index in [0.29, 0.717) is 25.2 Å². The average Bonchev–Trinajstić information content (AvgIpc) is 2.37. The molecule has 0 aromatic heterocycles. The van der Waals surface area contributed by atoms with Gasteiger partial charge in [-0.2, -0.15) is 0 Å². The van der Waals surface area contributed by atoms with Gasteiger partial charge in [-0.3, -0.25) is 9.59 Å². The quantitative estimate of drug-likeness (QED) is 0.861. The molecule has 20 heavy (non-hydrogen) atoms. The standard InChI is InChI=1S/C14H17BrN2O3/c1-2-16-13(19)10-7-17(8-10)14(20)12(18)9-3-5-11(15)6-4-9/h3-6,10,12,18H,2,7-8H2,1H3,(H,16,19)/t12-/m0/s1. The van der Waals surface area contributed by atoms with Gasteiger partial charge in [-0.25, -0.2) is 0 Å². The zero-order valence-electron chi connectivity index (χ0n) is 11.2. The summed E-state index contributed by atoms with van der Waals surface area (Å²) in [7, 11) is 0. The first-order valence-electron chi connectivity index (χ1n) is 6.53. The molecule has 108 valence electrons. The van der Waals surface area contributed by atoms with Crippen LogP contribution in [-0.2, 0) is 9.59 Å². The second-order valence-electron chi connectivity index (χ2n) is 4.79. The van der Waals surface area contributed by atoms with Crippen LogP contribution in [0.25, 0.3) is 0 Å². The van der Waals surface area contributed by atoms with Gasteiger partial charge in [0.2, 0.25) is 5.91 Å². The molecule has 2 amide bonds. The van der Waals surface area contributed by atoms with Crippen LogP contribution in [0.1, 0.15) is 18.6 Å². The lowest BCUT2D eigenvalue weighted by molar-refractivity contribution is -0.150. The van der Waals surface area contributed by atoms with E-state index < -0.39 is 6.10 Å². The summed E-state index contributed by atoms with van der Waals surface area (Å²) < 4.78 is 0.890. The minimum absolute atomic E-state index is 0.0327. The largest absolute Gasteiger partial charge is 0.378 e. The van der Waals surface area contributed by atoms with Gasteiger partial charge in [0.15, 0.2) is 6.10 Å². The first-order chi connectivity index (χ1) is 9.52. The summed E-state index contributed by atoms with van der Waals surface area (Å²) in [4.78, 5) is 25.1. The Balaban J connectivity index is 1.90. The predicted molar refractivity (Wildman–Crippen MR) is 77.9 cm³/mol. The van der Waals surface area contributed by atoms with Crippen molar-refractivity contribution in [1.82, 2.24) is 10.2 Å². The third-order valence-electron chi connectivity index (χ3n) is 3.33.